The first-order valence-corrected chi connectivity index (χ1v) is 7.58. The van der Waals surface area contributed by atoms with Gasteiger partial charge in [0.1, 0.15) is 5.75 Å². The van der Waals surface area contributed by atoms with Crippen molar-refractivity contribution in [3.63, 3.8) is 0 Å². The van der Waals surface area contributed by atoms with Crippen molar-refractivity contribution in [1.82, 2.24) is 0 Å². The predicted molar refractivity (Wildman–Crippen MR) is 77.0 cm³/mol. The van der Waals surface area contributed by atoms with Crippen molar-refractivity contribution in [2.24, 2.45) is 0 Å². The number of benzene rings is 2. The van der Waals surface area contributed by atoms with Crippen LogP contribution < -0.4 is 9.46 Å². The molecule has 122 valence electrons. The zero-order valence-corrected chi connectivity index (χ0v) is 12.2. The molecule has 0 saturated heterocycles. The molecule has 10 heteroatoms. The molecule has 1 N–H and O–H groups in total. The van der Waals surface area contributed by atoms with Crippen LogP contribution in [0.3, 0.4) is 0 Å². The number of halogens is 2. The highest BCUT2D eigenvalue weighted by atomic mass is 32.2. The minimum absolute atomic E-state index is 0.0955. The van der Waals surface area contributed by atoms with Crippen LogP contribution in [0.4, 0.5) is 20.2 Å². The third-order valence-corrected chi connectivity index (χ3v) is 4.05. The van der Waals surface area contributed by atoms with Gasteiger partial charge in [-0.15, -0.1) is 0 Å². The monoisotopic (exact) mass is 344 g/mol. The molecule has 7 nitrogen and oxygen atoms in total. The van der Waals surface area contributed by atoms with Gasteiger partial charge in [0, 0.05) is 17.8 Å². The number of nitro benzene ring substituents is 1. The van der Waals surface area contributed by atoms with Crippen molar-refractivity contribution in [2.75, 3.05) is 4.72 Å². The van der Waals surface area contributed by atoms with Gasteiger partial charge < -0.3 is 4.74 Å². The van der Waals surface area contributed by atoms with Crippen molar-refractivity contribution in [3.8, 4) is 5.75 Å². The van der Waals surface area contributed by atoms with Gasteiger partial charge in [0.15, 0.2) is 0 Å². The molecule has 0 unspecified atom stereocenters. The highest BCUT2D eigenvalue weighted by molar-refractivity contribution is 7.92. The Hall–Kier alpha value is -2.75. The average Bonchev–Trinajstić information content (AvgIpc) is 2.48. The third kappa shape index (κ3) is 4.36. The first-order valence-electron chi connectivity index (χ1n) is 6.10. The first-order chi connectivity index (χ1) is 10.8. The number of ether oxygens (including phenoxy) is 1. The minimum atomic E-state index is -4.05. The Morgan fingerprint density at radius 2 is 1.78 bits per heavy atom. The molecule has 0 saturated carbocycles. The standard InChI is InChI=1S/C13H10F2N2O5S/c14-13(15)22-11-6-4-9(5-7-11)16-23(20,21)12-3-1-2-10(8-12)17(18)19/h1-8,13,16H. The van der Waals surface area contributed by atoms with E-state index >= 15 is 0 Å². The quantitative estimate of drug-likeness (QED) is 0.641. The second-order valence-corrected chi connectivity index (χ2v) is 5.95. The van der Waals surface area contributed by atoms with Crippen LogP contribution >= 0.6 is 0 Å². The Morgan fingerprint density at radius 1 is 1.13 bits per heavy atom. The van der Waals surface area contributed by atoms with Gasteiger partial charge in [0.25, 0.3) is 15.7 Å². The highest BCUT2D eigenvalue weighted by Crippen LogP contribution is 2.22. The smallest absolute Gasteiger partial charge is 0.387 e. The number of nitro groups is 1. The topological polar surface area (TPSA) is 98.5 Å². The van der Waals surface area contributed by atoms with E-state index in [1.54, 1.807) is 0 Å². The maximum atomic E-state index is 12.2. The zero-order valence-electron chi connectivity index (χ0n) is 11.3. The Morgan fingerprint density at radius 3 is 2.35 bits per heavy atom. The molecule has 0 radical (unpaired) electrons. The van der Waals surface area contributed by atoms with Crippen LogP contribution in [0, 0.1) is 10.1 Å². The summed E-state index contributed by atoms with van der Waals surface area (Å²) in [5.41, 5.74) is -0.272. The third-order valence-electron chi connectivity index (χ3n) is 2.67. The van der Waals surface area contributed by atoms with E-state index in [1.807, 2.05) is 0 Å². The minimum Gasteiger partial charge on any atom is -0.435 e. The average molecular weight is 344 g/mol. The molecule has 2 aromatic rings. The predicted octanol–water partition coefficient (Wildman–Crippen LogP) is 3.00. The number of hydrogen-bond acceptors (Lipinski definition) is 5. The summed E-state index contributed by atoms with van der Waals surface area (Å²) < 4.78 is 54.7. The lowest BCUT2D eigenvalue weighted by atomic mass is 10.3. The molecule has 0 heterocycles. The maximum Gasteiger partial charge on any atom is 0.387 e. The summed E-state index contributed by atoms with van der Waals surface area (Å²) in [7, 11) is -4.05. The van der Waals surface area contributed by atoms with Crippen molar-refractivity contribution in [3.05, 3.63) is 58.6 Å². The largest absolute Gasteiger partial charge is 0.435 e. The first kappa shape index (κ1) is 16.6. The van der Waals surface area contributed by atoms with Gasteiger partial charge in [-0.05, 0) is 30.3 Å². The maximum absolute atomic E-state index is 12.2. The van der Waals surface area contributed by atoms with E-state index in [9.17, 15) is 27.3 Å². The fraction of sp³-hybridized carbons (Fsp3) is 0.0769. The van der Waals surface area contributed by atoms with Crippen molar-refractivity contribution < 1.29 is 26.9 Å². The van der Waals surface area contributed by atoms with E-state index in [0.717, 1.165) is 24.3 Å². The molecule has 2 rings (SSSR count). The van der Waals surface area contributed by atoms with Crippen LogP contribution in [0.2, 0.25) is 0 Å². The van der Waals surface area contributed by atoms with Crippen LogP contribution in [-0.2, 0) is 10.0 Å². The van der Waals surface area contributed by atoms with Gasteiger partial charge in [-0.2, -0.15) is 8.78 Å². The lowest BCUT2D eigenvalue weighted by molar-refractivity contribution is -0.385. The zero-order chi connectivity index (χ0) is 17.0. The molecule has 0 fully saturated rings. The van der Waals surface area contributed by atoms with Crippen LogP contribution in [0.5, 0.6) is 5.75 Å². The SMILES string of the molecule is O=[N+]([O-])c1cccc(S(=O)(=O)Nc2ccc(OC(F)F)cc2)c1. The van der Waals surface area contributed by atoms with Gasteiger partial charge in [-0.25, -0.2) is 8.42 Å². The molecule has 0 atom stereocenters. The number of non-ortho nitro benzene ring substituents is 1. The number of alkyl halides is 2. The number of nitrogens with one attached hydrogen (secondary N) is 1. The van der Waals surface area contributed by atoms with E-state index in [-0.39, 0.29) is 22.0 Å². The lowest BCUT2D eigenvalue weighted by Crippen LogP contribution is -2.13. The van der Waals surface area contributed by atoms with E-state index in [0.29, 0.717) is 0 Å². The number of anilines is 1. The molecule has 0 bridgehead atoms. The second-order valence-electron chi connectivity index (χ2n) is 4.26. The molecule has 0 amide bonds. The summed E-state index contributed by atoms with van der Waals surface area (Å²) in [6.07, 6.45) is 0. The number of hydrogen-bond donors (Lipinski definition) is 1. The lowest BCUT2D eigenvalue weighted by Gasteiger charge is -2.09. The van der Waals surface area contributed by atoms with Gasteiger partial charge in [0.05, 0.1) is 9.82 Å². The number of sulfonamides is 1. The van der Waals surface area contributed by atoms with Gasteiger partial charge in [0.2, 0.25) is 0 Å². The molecule has 0 aliphatic carbocycles. The Kier molecular flexibility index (Phi) is 4.74. The molecular formula is C13H10F2N2O5S. The van der Waals surface area contributed by atoms with E-state index < -0.39 is 21.6 Å². The van der Waals surface area contributed by atoms with Crippen molar-refractivity contribution in [2.45, 2.75) is 11.5 Å². The van der Waals surface area contributed by atoms with E-state index in [1.165, 1.54) is 24.3 Å². The molecule has 0 spiro atoms. The molecule has 23 heavy (non-hydrogen) atoms. The Labute approximate surface area is 129 Å². The van der Waals surface area contributed by atoms with Gasteiger partial charge >= 0.3 is 6.61 Å². The van der Waals surface area contributed by atoms with Crippen LogP contribution in [0.15, 0.2) is 53.4 Å². The highest BCUT2D eigenvalue weighted by Gasteiger charge is 2.17. The number of nitrogens with zero attached hydrogens (tertiary/aromatic N) is 1. The molecule has 0 aliphatic heterocycles. The molecule has 2 aromatic carbocycles. The second kappa shape index (κ2) is 6.57. The molecule has 0 aliphatic rings. The number of rotatable bonds is 6. The normalized spacial score (nSPS) is 11.3. The Bertz CT molecular complexity index is 809. The van der Waals surface area contributed by atoms with Gasteiger partial charge in [-0.3, -0.25) is 14.8 Å². The van der Waals surface area contributed by atoms with Crippen LogP contribution in [-0.4, -0.2) is 20.0 Å². The summed E-state index contributed by atoms with van der Waals surface area (Å²) >= 11 is 0. The van der Waals surface area contributed by atoms with Crippen LogP contribution in [0.1, 0.15) is 0 Å². The fourth-order valence-corrected chi connectivity index (χ4v) is 2.78. The van der Waals surface area contributed by atoms with E-state index in [4.69, 9.17) is 0 Å². The van der Waals surface area contributed by atoms with Gasteiger partial charge in [-0.1, -0.05) is 6.07 Å². The van der Waals surface area contributed by atoms with Crippen molar-refractivity contribution >= 4 is 21.4 Å². The van der Waals surface area contributed by atoms with Crippen LogP contribution in [0.25, 0.3) is 0 Å². The summed E-state index contributed by atoms with van der Waals surface area (Å²) in [5, 5.41) is 10.7. The summed E-state index contributed by atoms with van der Waals surface area (Å²) in [5.74, 6) is -0.127. The van der Waals surface area contributed by atoms with E-state index in [2.05, 4.69) is 9.46 Å². The Balaban J connectivity index is 2.21. The molecule has 0 aromatic heterocycles. The van der Waals surface area contributed by atoms with Crippen molar-refractivity contribution in [1.29, 1.82) is 0 Å². The molecular weight excluding hydrogens is 334 g/mol. The summed E-state index contributed by atoms with van der Waals surface area (Å²) in [6.45, 7) is -2.98. The summed E-state index contributed by atoms with van der Waals surface area (Å²) in [4.78, 5) is 9.67. The fourth-order valence-electron chi connectivity index (χ4n) is 1.68. The summed E-state index contributed by atoms with van der Waals surface area (Å²) in [6, 6.07) is 9.30.